The predicted octanol–water partition coefficient (Wildman–Crippen LogP) is 2.05. The third kappa shape index (κ3) is 2.72. The summed E-state index contributed by atoms with van der Waals surface area (Å²) in [5.74, 6) is -0.262. The Morgan fingerprint density at radius 1 is 1.33 bits per heavy atom. The van der Waals surface area contributed by atoms with Gasteiger partial charge in [-0.2, -0.15) is 0 Å². The number of para-hydroxylation sites is 1. The zero-order valence-electron chi connectivity index (χ0n) is 10.6. The highest BCUT2D eigenvalue weighted by Gasteiger charge is 2.30. The molecule has 0 amide bonds. The Labute approximate surface area is 122 Å². The average molecular weight is 307 g/mol. The molecule has 1 aromatic heterocycles. The lowest BCUT2D eigenvalue weighted by atomic mass is 10.2. The number of rotatable bonds is 4. The number of hydrogen-bond acceptors (Lipinski definition) is 8. The van der Waals surface area contributed by atoms with Crippen LogP contribution in [0.2, 0.25) is 0 Å². The van der Waals surface area contributed by atoms with Crippen LogP contribution < -0.4 is 0 Å². The minimum absolute atomic E-state index is 0.0520. The normalized spacial score (nSPS) is 17.7. The third-order valence-corrected chi connectivity index (χ3v) is 3.95. The first kappa shape index (κ1) is 13.6. The lowest BCUT2D eigenvalue weighted by Gasteiger charge is -1.99. The summed E-state index contributed by atoms with van der Waals surface area (Å²) in [6.07, 6.45) is 0.576. The summed E-state index contributed by atoms with van der Waals surface area (Å²) in [6.45, 7) is 0.377. The SMILES string of the molecule is O=C1OCCC1Sc1nnc(-c2ccccc2[N+](=O)[O-])o1. The number of thioether (sulfide) groups is 1. The monoisotopic (exact) mass is 307 g/mol. The number of aromatic nitrogens is 2. The molecule has 1 saturated heterocycles. The average Bonchev–Trinajstić information content (AvgIpc) is 3.09. The number of carbonyl (C=O) groups is 1. The lowest BCUT2D eigenvalue weighted by molar-refractivity contribution is -0.384. The molecule has 3 rings (SSSR count). The van der Waals surface area contributed by atoms with Crippen molar-refractivity contribution in [2.24, 2.45) is 0 Å². The minimum Gasteiger partial charge on any atom is -0.465 e. The summed E-state index contributed by atoms with van der Waals surface area (Å²) in [5, 5.41) is 18.4. The Bertz CT molecular complexity index is 702. The summed E-state index contributed by atoms with van der Waals surface area (Å²) in [4.78, 5) is 21.8. The number of cyclic esters (lactones) is 1. The molecule has 1 atom stereocenters. The van der Waals surface area contributed by atoms with Crippen LogP contribution in [0.3, 0.4) is 0 Å². The molecule has 1 aromatic carbocycles. The van der Waals surface area contributed by atoms with E-state index in [4.69, 9.17) is 9.15 Å². The van der Waals surface area contributed by atoms with Crippen LogP contribution in [0.1, 0.15) is 6.42 Å². The molecule has 21 heavy (non-hydrogen) atoms. The highest BCUT2D eigenvalue weighted by molar-refractivity contribution is 8.00. The number of hydrogen-bond donors (Lipinski definition) is 0. The van der Waals surface area contributed by atoms with Crippen LogP contribution in [0, 0.1) is 10.1 Å². The second kappa shape index (κ2) is 5.52. The Kier molecular flexibility index (Phi) is 3.57. The fourth-order valence-corrected chi connectivity index (χ4v) is 2.72. The van der Waals surface area contributed by atoms with Gasteiger partial charge in [0.05, 0.1) is 11.5 Å². The summed E-state index contributed by atoms with van der Waals surface area (Å²) in [5.41, 5.74) is 0.133. The van der Waals surface area contributed by atoms with Gasteiger partial charge in [0.25, 0.3) is 16.8 Å². The van der Waals surface area contributed by atoms with E-state index in [0.29, 0.717) is 13.0 Å². The molecule has 0 N–H and O–H groups in total. The van der Waals surface area contributed by atoms with Crippen LogP contribution in [-0.2, 0) is 9.53 Å². The first-order valence-corrected chi connectivity index (χ1v) is 6.93. The van der Waals surface area contributed by atoms with E-state index in [0.717, 1.165) is 11.8 Å². The first-order valence-electron chi connectivity index (χ1n) is 6.06. The molecule has 1 aliphatic rings. The van der Waals surface area contributed by atoms with E-state index in [9.17, 15) is 14.9 Å². The van der Waals surface area contributed by atoms with Gasteiger partial charge in [-0.25, -0.2) is 0 Å². The molecule has 1 unspecified atom stereocenters. The lowest BCUT2D eigenvalue weighted by Crippen LogP contribution is -2.09. The van der Waals surface area contributed by atoms with Crippen LogP contribution in [0.15, 0.2) is 33.9 Å². The van der Waals surface area contributed by atoms with E-state index in [1.165, 1.54) is 12.1 Å². The van der Waals surface area contributed by atoms with Gasteiger partial charge >= 0.3 is 5.97 Å². The standard InChI is InChI=1S/C12H9N3O5S/c16-11-9(5-6-19-11)21-12-14-13-10(20-12)7-3-1-2-4-8(7)15(17)18/h1-4,9H,5-6H2. The van der Waals surface area contributed by atoms with Crippen molar-refractivity contribution in [3.8, 4) is 11.5 Å². The summed E-state index contributed by atoms with van der Waals surface area (Å²) >= 11 is 1.10. The smallest absolute Gasteiger partial charge is 0.319 e. The number of nitro benzene ring substituents is 1. The molecular weight excluding hydrogens is 298 g/mol. The fraction of sp³-hybridized carbons (Fsp3) is 0.250. The Morgan fingerprint density at radius 3 is 2.86 bits per heavy atom. The number of nitrogens with zero attached hydrogens (tertiary/aromatic N) is 3. The second-order valence-electron chi connectivity index (χ2n) is 4.21. The van der Waals surface area contributed by atoms with Crippen LogP contribution in [0.5, 0.6) is 0 Å². The highest BCUT2D eigenvalue weighted by atomic mass is 32.2. The van der Waals surface area contributed by atoms with Gasteiger partial charge < -0.3 is 9.15 Å². The van der Waals surface area contributed by atoms with E-state index in [-0.39, 0.29) is 33.6 Å². The summed E-state index contributed by atoms with van der Waals surface area (Å²) in [6, 6.07) is 6.10. The summed E-state index contributed by atoms with van der Waals surface area (Å²) in [7, 11) is 0. The van der Waals surface area contributed by atoms with Crippen molar-refractivity contribution in [2.45, 2.75) is 16.9 Å². The van der Waals surface area contributed by atoms with Crippen molar-refractivity contribution in [3.63, 3.8) is 0 Å². The van der Waals surface area contributed by atoms with Gasteiger partial charge in [-0.15, -0.1) is 10.2 Å². The van der Waals surface area contributed by atoms with Gasteiger partial charge in [0.15, 0.2) is 0 Å². The molecule has 1 aliphatic heterocycles. The van der Waals surface area contributed by atoms with Gasteiger partial charge in [0, 0.05) is 12.5 Å². The number of nitro groups is 1. The van der Waals surface area contributed by atoms with Crippen molar-refractivity contribution in [1.82, 2.24) is 10.2 Å². The minimum atomic E-state index is -0.513. The highest BCUT2D eigenvalue weighted by Crippen LogP contribution is 2.33. The number of benzene rings is 1. The molecule has 9 heteroatoms. The van der Waals surface area contributed by atoms with Crippen LogP contribution in [-0.4, -0.2) is 32.9 Å². The maximum absolute atomic E-state index is 11.4. The van der Waals surface area contributed by atoms with Crippen LogP contribution in [0.4, 0.5) is 5.69 Å². The molecule has 0 bridgehead atoms. The van der Waals surface area contributed by atoms with Crippen molar-refractivity contribution in [3.05, 3.63) is 34.4 Å². The van der Waals surface area contributed by atoms with Crippen molar-refractivity contribution >= 4 is 23.4 Å². The van der Waals surface area contributed by atoms with Crippen molar-refractivity contribution in [2.75, 3.05) is 6.61 Å². The van der Waals surface area contributed by atoms with Gasteiger partial charge in [0.1, 0.15) is 10.8 Å². The predicted molar refractivity (Wildman–Crippen MR) is 71.6 cm³/mol. The van der Waals surface area contributed by atoms with Gasteiger partial charge in [-0.3, -0.25) is 14.9 Å². The molecule has 2 heterocycles. The quantitative estimate of drug-likeness (QED) is 0.479. The number of esters is 1. The Morgan fingerprint density at radius 2 is 2.14 bits per heavy atom. The molecule has 8 nitrogen and oxygen atoms in total. The van der Waals surface area contributed by atoms with E-state index in [1.54, 1.807) is 12.1 Å². The summed E-state index contributed by atoms with van der Waals surface area (Å²) < 4.78 is 10.2. The van der Waals surface area contributed by atoms with Crippen molar-refractivity contribution < 1.29 is 18.9 Å². The first-order chi connectivity index (χ1) is 10.1. The zero-order chi connectivity index (χ0) is 14.8. The molecule has 0 saturated carbocycles. The number of ether oxygens (including phenoxy) is 1. The topological polar surface area (TPSA) is 108 Å². The number of carbonyl (C=O) groups excluding carboxylic acids is 1. The van der Waals surface area contributed by atoms with Gasteiger partial charge in [-0.1, -0.05) is 12.1 Å². The molecule has 0 spiro atoms. The largest absolute Gasteiger partial charge is 0.465 e. The fourth-order valence-electron chi connectivity index (χ4n) is 1.89. The Hall–Kier alpha value is -2.42. The zero-order valence-corrected chi connectivity index (χ0v) is 11.4. The molecule has 2 aromatic rings. The molecule has 0 aliphatic carbocycles. The third-order valence-electron chi connectivity index (χ3n) is 2.87. The van der Waals surface area contributed by atoms with E-state index >= 15 is 0 Å². The van der Waals surface area contributed by atoms with E-state index < -0.39 is 4.92 Å². The maximum atomic E-state index is 11.4. The Balaban J connectivity index is 1.85. The van der Waals surface area contributed by atoms with E-state index in [1.807, 2.05) is 0 Å². The molecule has 1 fully saturated rings. The van der Waals surface area contributed by atoms with Gasteiger partial charge in [-0.05, 0) is 17.8 Å². The van der Waals surface area contributed by atoms with Crippen LogP contribution >= 0.6 is 11.8 Å². The van der Waals surface area contributed by atoms with Crippen LogP contribution in [0.25, 0.3) is 11.5 Å². The van der Waals surface area contributed by atoms with Gasteiger partial charge in [0.2, 0.25) is 0 Å². The van der Waals surface area contributed by atoms with E-state index in [2.05, 4.69) is 10.2 Å². The second-order valence-corrected chi connectivity index (χ2v) is 5.36. The molecule has 0 radical (unpaired) electrons. The molecule has 108 valence electrons. The maximum Gasteiger partial charge on any atom is 0.319 e. The van der Waals surface area contributed by atoms with Crippen molar-refractivity contribution in [1.29, 1.82) is 0 Å². The molecular formula is C12H9N3O5S.